The molecule has 0 aliphatic rings. The molecule has 6 nitrogen and oxygen atoms in total. The fourth-order valence-electron chi connectivity index (χ4n) is 2.39. The number of hydrogen-bond acceptors (Lipinski definition) is 3. The van der Waals surface area contributed by atoms with Crippen molar-refractivity contribution in [3.05, 3.63) is 88.5 Å². The van der Waals surface area contributed by atoms with E-state index in [9.17, 15) is 8.42 Å². The number of aromatic nitrogens is 2. The van der Waals surface area contributed by atoms with E-state index in [0.717, 1.165) is 28.8 Å². The normalized spacial score (nSPS) is 11.6. The number of rotatable bonds is 8. The number of halogens is 1. The SMILES string of the molecule is O=S(=O)(NCc1ccc(Cl)cc1)NCc1ccc(Cc2cnc[nH]2)cc1. The van der Waals surface area contributed by atoms with Crippen molar-refractivity contribution in [2.75, 3.05) is 0 Å². The molecule has 2 aromatic carbocycles. The maximum atomic E-state index is 12.1. The quantitative estimate of drug-likeness (QED) is 0.552. The van der Waals surface area contributed by atoms with Crippen LogP contribution in [0.3, 0.4) is 0 Å². The molecule has 3 rings (SSSR count). The van der Waals surface area contributed by atoms with Crippen LogP contribution >= 0.6 is 11.6 Å². The summed E-state index contributed by atoms with van der Waals surface area (Å²) in [6.45, 7) is 0.426. The predicted octanol–water partition coefficient (Wildman–Crippen LogP) is 2.78. The molecule has 136 valence electrons. The average molecular weight is 391 g/mol. The third-order valence-electron chi connectivity index (χ3n) is 3.82. The van der Waals surface area contributed by atoms with Gasteiger partial charge in [-0.3, -0.25) is 0 Å². The smallest absolute Gasteiger partial charge is 0.277 e. The van der Waals surface area contributed by atoms with E-state index in [-0.39, 0.29) is 13.1 Å². The van der Waals surface area contributed by atoms with Gasteiger partial charge in [-0.25, -0.2) is 4.98 Å². The van der Waals surface area contributed by atoms with Crippen molar-refractivity contribution in [1.82, 2.24) is 19.4 Å². The molecule has 1 aromatic heterocycles. The summed E-state index contributed by atoms with van der Waals surface area (Å²) in [5, 5.41) is 0.616. The molecule has 0 atom stereocenters. The van der Waals surface area contributed by atoms with Gasteiger partial charge in [0.05, 0.1) is 6.33 Å². The Labute approximate surface area is 157 Å². The van der Waals surface area contributed by atoms with Gasteiger partial charge in [0.25, 0.3) is 10.2 Å². The minimum Gasteiger partial charge on any atom is -0.348 e. The van der Waals surface area contributed by atoms with Gasteiger partial charge in [-0.2, -0.15) is 17.9 Å². The first-order chi connectivity index (χ1) is 12.5. The largest absolute Gasteiger partial charge is 0.348 e. The van der Waals surface area contributed by atoms with E-state index in [1.807, 2.05) is 24.3 Å². The summed E-state index contributed by atoms with van der Waals surface area (Å²) in [4.78, 5) is 7.05. The van der Waals surface area contributed by atoms with Gasteiger partial charge in [0.2, 0.25) is 0 Å². The molecule has 1 heterocycles. The number of benzene rings is 2. The minimum absolute atomic E-state index is 0.204. The molecule has 3 aromatic rings. The van der Waals surface area contributed by atoms with Crippen molar-refractivity contribution in [1.29, 1.82) is 0 Å². The van der Waals surface area contributed by atoms with Gasteiger partial charge < -0.3 is 4.98 Å². The number of nitrogens with one attached hydrogen (secondary N) is 3. The standard InChI is InChI=1S/C18H19ClN4O2S/c19-17-7-5-16(6-8-17)11-23-26(24,25)22-10-15-3-1-14(2-4-15)9-18-12-20-13-21-18/h1-8,12-13,22-23H,9-11H2,(H,20,21). The second-order valence-electron chi connectivity index (χ2n) is 5.84. The average Bonchev–Trinajstić information content (AvgIpc) is 3.14. The molecule has 0 fully saturated rings. The van der Waals surface area contributed by atoms with Crippen LogP contribution in [0.5, 0.6) is 0 Å². The lowest BCUT2D eigenvalue weighted by molar-refractivity contribution is 0.566. The highest BCUT2D eigenvalue weighted by atomic mass is 35.5. The first-order valence-corrected chi connectivity index (χ1v) is 9.90. The molecule has 0 bridgehead atoms. The highest BCUT2D eigenvalue weighted by Gasteiger charge is 2.09. The van der Waals surface area contributed by atoms with Crippen molar-refractivity contribution in [3.63, 3.8) is 0 Å². The fourth-order valence-corrected chi connectivity index (χ4v) is 3.33. The third-order valence-corrected chi connectivity index (χ3v) is 5.12. The molecule has 0 saturated carbocycles. The number of H-pyrrole nitrogens is 1. The van der Waals surface area contributed by atoms with E-state index < -0.39 is 10.2 Å². The molecular formula is C18H19ClN4O2S. The highest BCUT2D eigenvalue weighted by molar-refractivity contribution is 7.87. The topological polar surface area (TPSA) is 86.9 Å². The van der Waals surface area contributed by atoms with Gasteiger partial charge in [0.15, 0.2) is 0 Å². The Hall–Kier alpha value is -2.19. The summed E-state index contributed by atoms with van der Waals surface area (Å²) in [5.41, 5.74) is 3.88. The monoisotopic (exact) mass is 390 g/mol. The summed E-state index contributed by atoms with van der Waals surface area (Å²) in [7, 11) is -3.59. The van der Waals surface area contributed by atoms with Gasteiger partial charge in [0.1, 0.15) is 0 Å². The van der Waals surface area contributed by atoms with E-state index >= 15 is 0 Å². The lowest BCUT2D eigenvalue weighted by Crippen LogP contribution is -2.35. The minimum atomic E-state index is -3.59. The Bertz CT molecular complexity index is 924. The van der Waals surface area contributed by atoms with Crippen LogP contribution in [-0.2, 0) is 29.7 Å². The number of aromatic amines is 1. The molecule has 0 amide bonds. The Morgan fingerprint density at radius 2 is 1.42 bits per heavy atom. The van der Waals surface area contributed by atoms with Crippen LogP contribution in [0.15, 0.2) is 61.1 Å². The molecule has 0 saturated heterocycles. The molecule has 26 heavy (non-hydrogen) atoms. The Morgan fingerprint density at radius 3 is 1.96 bits per heavy atom. The summed E-state index contributed by atoms with van der Waals surface area (Å²) >= 11 is 5.81. The van der Waals surface area contributed by atoms with Crippen molar-refractivity contribution >= 4 is 21.8 Å². The van der Waals surface area contributed by atoms with Gasteiger partial charge in [-0.1, -0.05) is 48.0 Å². The molecular weight excluding hydrogens is 372 g/mol. The first-order valence-electron chi connectivity index (χ1n) is 8.04. The predicted molar refractivity (Wildman–Crippen MR) is 102 cm³/mol. The van der Waals surface area contributed by atoms with Gasteiger partial charge in [-0.15, -0.1) is 0 Å². The van der Waals surface area contributed by atoms with E-state index in [1.54, 1.807) is 36.8 Å². The molecule has 0 radical (unpaired) electrons. The van der Waals surface area contributed by atoms with E-state index in [4.69, 9.17) is 11.6 Å². The van der Waals surface area contributed by atoms with Crippen LogP contribution in [0.1, 0.15) is 22.4 Å². The lowest BCUT2D eigenvalue weighted by Gasteiger charge is -2.09. The third kappa shape index (κ3) is 5.67. The molecule has 0 spiro atoms. The Balaban J connectivity index is 1.49. The number of imidazole rings is 1. The molecule has 0 unspecified atom stereocenters. The Morgan fingerprint density at radius 1 is 0.885 bits per heavy atom. The van der Waals surface area contributed by atoms with Crippen LogP contribution < -0.4 is 9.44 Å². The van der Waals surface area contributed by atoms with Crippen LogP contribution in [0.25, 0.3) is 0 Å². The summed E-state index contributed by atoms with van der Waals surface area (Å²) < 4.78 is 29.2. The van der Waals surface area contributed by atoms with Gasteiger partial charge in [-0.05, 0) is 28.8 Å². The van der Waals surface area contributed by atoms with Crippen molar-refractivity contribution < 1.29 is 8.42 Å². The van der Waals surface area contributed by atoms with Crippen LogP contribution in [0, 0.1) is 0 Å². The van der Waals surface area contributed by atoms with Crippen molar-refractivity contribution in [2.45, 2.75) is 19.5 Å². The van der Waals surface area contributed by atoms with Crippen LogP contribution in [0.2, 0.25) is 5.02 Å². The summed E-state index contributed by atoms with van der Waals surface area (Å²) in [5.74, 6) is 0. The Kier molecular flexibility index (Phi) is 6.05. The second kappa shape index (κ2) is 8.46. The zero-order chi connectivity index (χ0) is 18.4. The molecule has 8 heteroatoms. The van der Waals surface area contributed by atoms with Crippen LogP contribution in [0.4, 0.5) is 0 Å². The lowest BCUT2D eigenvalue weighted by atomic mass is 10.1. The maximum absolute atomic E-state index is 12.1. The van der Waals surface area contributed by atoms with Crippen molar-refractivity contribution in [2.24, 2.45) is 0 Å². The highest BCUT2D eigenvalue weighted by Crippen LogP contribution is 2.10. The molecule has 0 aliphatic heterocycles. The van der Waals surface area contributed by atoms with Crippen LogP contribution in [-0.4, -0.2) is 18.4 Å². The zero-order valence-corrected chi connectivity index (χ0v) is 15.5. The molecule has 3 N–H and O–H groups in total. The van der Waals surface area contributed by atoms with Gasteiger partial charge in [0, 0.05) is 36.4 Å². The van der Waals surface area contributed by atoms with E-state index in [2.05, 4.69) is 19.4 Å². The van der Waals surface area contributed by atoms with E-state index in [1.165, 1.54) is 0 Å². The van der Waals surface area contributed by atoms with Gasteiger partial charge >= 0.3 is 0 Å². The summed E-state index contributed by atoms with van der Waals surface area (Å²) in [6, 6.07) is 14.8. The zero-order valence-electron chi connectivity index (χ0n) is 13.9. The van der Waals surface area contributed by atoms with Crippen molar-refractivity contribution in [3.8, 4) is 0 Å². The molecule has 0 aliphatic carbocycles. The second-order valence-corrected chi connectivity index (χ2v) is 7.86. The fraction of sp³-hybridized carbons (Fsp3) is 0.167. The number of nitrogens with zero attached hydrogens (tertiary/aromatic N) is 1. The summed E-state index contributed by atoms with van der Waals surface area (Å²) in [6.07, 6.45) is 4.19. The first kappa shape index (κ1) is 18.6. The number of hydrogen-bond donors (Lipinski definition) is 3. The van der Waals surface area contributed by atoms with E-state index in [0.29, 0.717) is 5.02 Å². The maximum Gasteiger partial charge on any atom is 0.277 e.